The van der Waals surface area contributed by atoms with E-state index >= 15 is 0 Å². The average molecular weight is 327 g/mol. The third-order valence-electron chi connectivity index (χ3n) is 2.86. The van der Waals surface area contributed by atoms with Crippen LogP contribution in [0.3, 0.4) is 0 Å². The van der Waals surface area contributed by atoms with Crippen LogP contribution in [0.15, 0.2) is 47.4 Å². The number of benzene rings is 2. The molecule has 0 spiro atoms. The van der Waals surface area contributed by atoms with E-state index in [4.69, 9.17) is 22.1 Å². The number of rotatable bonds is 5. The lowest BCUT2D eigenvalue weighted by Crippen LogP contribution is -2.14. The maximum atomic E-state index is 12.4. The molecule has 0 aliphatic heterocycles. The lowest BCUT2D eigenvalue weighted by atomic mass is 10.2. The zero-order valence-electron chi connectivity index (χ0n) is 11.3. The molecule has 0 aliphatic carbocycles. The molecule has 7 heteroatoms. The predicted octanol–water partition coefficient (Wildman–Crippen LogP) is 2.61. The van der Waals surface area contributed by atoms with Crippen LogP contribution in [0, 0.1) is 0 Å². The lowest BCUT2D eigenvalue weighted by molar-refractivity contribution is 0.415. The Hall–Kier alpha value is -1.76. The molecule has 2 aromatic carbocycles. The van der Waals surface area contributed by atoms with Crippen LogP contribution in [0.1, 0.15) is 5.56 Å². The lowest BCUT2D eigenvalue weighted by Gasteiger charge is -2.11. The van der Waals surface area contributed by atoms with Crippen molar-refractivity contribution in [2.45, 2.75) is 11.4 Å². The first-order valence-corrected chi connectivity index (χ1v) is 7.98. The molecule has 0 saturated carbocycles. The van der Waals surface area contributed by atoms with E-state index in [-0.39, 0.29) is 22.2 Å². The number of methoxy groups -OCH3 is 1. The Kier molecular flexibility index (Phi) is 4.72. The van der Waals surface area contributed by atoms with E-state index in [1.54, 1.807) is 24.3 Å². The predicted molar refractivity (Wildman–Crippen MR) is 83.1 cm³/mol. The number of hydrogen-bond donors (Lipinski definition) is 2. The van der Waals surface area contributed by atoms with Crippen molar-refractivity contribution in [3.63, 3.8) is 0 Å². The maximum absolute atomic E-state index is 12.4. The van der Waals surface area contributed by atoms with Crippen LogP contribution < -0.4 is 15.2 Å². The molecule has 0 bridgehead atoms. The van der Waals surface area contributed by atoms with E-state index in [1.165, 1.54) is 25.3 Å². The van der Waals surface area contributed by atoms with Gasteiger partial charge in [-0.05, 0) is 29.8 Å². The largest absolute Gasteiger partial charge is 0.497 e. The van der Waals surface area contributed by atoms with Crippen molar-refractivity contribution < 1.29 is 13.2 Å². The molecule has 0 aliphatic rings. The average Bonchev–Trinajstić information content (AvgIpc) is 2.49. The zero-order chi connectivity index (χ0) is 15.5. The van der Waals surface area contributed by atoms with Crippen molar-refractivity contribution in [2.24, 2.45) is 5.73 Å². The number of anilines is 1. The number of hydrogen-bond acceptors (Lipinski definition) is 4. The first kappa shape index (κ1) is 15.6. The number of halogens is 1. The molecule has 3 N–H and O–H groups in total. The summed E-state index contributed by atoms with van der Waals surface area (Å²) in [5, 5.41) is 0.286. The van der Waals surface area contributed by atoms with Crippen LogP contribution in [-0.2, 0) is 16.6 Å². The smallest absolute Gasteiger partial charge is 0.261 e. The van der Waals surface area contributed by atoms with Crippen molar-refractivity contribution in [1.29, 1.82) is 0 Å². The Morgan fingerprint density at radius 3 is 2.67 bits per heavy atom. The fourth-order valence-electron chi connectivity index (χ4n) is 1.75. The van der Waals surface area contributed by atoms with E-state index in [0.29, 0.717) is 5.75 Å². The molecule has 0 aromatic heterocycles. The van der Waals surface area contributed by atoms with Gasteiger partial charge in [0.25, 0.3) is 10.0 Å². The molecule has 21 heavy (non-hydrogen) atoms. The van der Waals surface area contributed by atoms with Gasteiger partial charge in [0.15, 0.2) is 0 Å². The number of sulfonamides is 1. The van der Waals surface area contributed by atoms with Crippen LogP contribution in [0.2, 0.25) is 5.02 Å². The Morgan fingerprint density at radius 2 is 2.00 bits per heavy atom. The second-order valence-corrected chi connectivity index (χ2v) is 6.39. The van der Waals surface area contributed by atoms with Crippen LogP contribution >= 0.6 is 11.6 Å². The highest BCUT2D eigenvalue weighted by atomic mass is 35.5. The van der Waals surface area contributed by atoms with Gasteiger partial charge in [0, 0.05) is 12.6 Å². The molecule has 5 nitrogen and oxygen atoms in total. The van der Waals surface area contributed by atoms with Gasteiger partial charge < -0.3 is 10.5 Å². The van der Waals surface area contributed by atoms with Gasteiger partial charge in [-0.2, -0.15) is 0 Å². The van der Waals surface area contributed by atoms with Crippen molar-refractivity contribution >= 4 is 27.3 Å². The van der Waals surface area contributed by atoms with Gasteiger partial charge >= 0.3 is 0 Å². The third kappa shape index (κ3) is 3.66. The summed E-state index contributed by atoms with van der Waals surface area (Å²) in [6.07, 6.45) is 0. The molecule has 2 rings (SSSR count). The summed E-state index contributed by atoms with van der Waals surface area (Å²) in [6.45, 7) is 0.267. The normalized spacial score (nSPS) is 11.2. The van der Waals surface area contributed by atoms with Gasteiger partial charge in [-0.25, -0.2) is 8.42 Å². The number of ether oxygens (including phenoxy) is 1. The second kappa shape index (κ2) is 6.34. The molecular weight excluding hydrogens is 312 g/mol. The first-order chi connectivity index (χ1) is 9.96. The maximum Gasteiger partial charge on any atom is 0.261 e. The van der Waals surface area contributed by atoms with Gasteiger partial charge in [0.2, 0.25) is 0 Å². The molecule has 0 saturated heterocycles. The van der Waals surface area contributed by atoms with Gasteiger partial charge in [-0.3, -0.25) is 4.72 Å². The second-order valence-electron chi connectivity index (χ2n) is 4.30. The summed E-state index contributed by atoms with van der Waals surface area (Å²) in [4.78, 5) is 0.129. The monoisotopic (exact) mass is 326 g/mol. The van der Waals surface area contributed by atoms with E-state index in [1.807, 2.05) is 0 Å². The molecule has 2 aromatic rings. The Morgan fingerprint density at radius 1 is 1.24 bits per heavy atom. The molecule has 0 amide bonds. The van der Waals surface area contributed by atoms with Crippen molar-refractivity contribution in [3.8, 4) is 5.75 Å². The Labute approximate surface area is 128 Å². The topological polar surface area (TPSA) is 81.4 Å². The fourth-order valence-corrected chi connectivity index (χ4v) is 3.11. The molecule has 0 radical (unpaired) electrons. The molecule has 0 heterocycles. The van der Waals surface area contributed by atoms with E-state index in [2.05, 4.69) is 4.72 Å². The highest BCUT2D eigenvalue weighted by Gasteiger charge is 2.16. The molecule has 112 valence electrons. The third-order valence-corrected chi connectivity index (χ3v) is 4.56. The molecule has 0 fully saturated rings. The van der Waals surface area contributed by atoms with Crippen molar-refractivity contribution in [3.05, 3.63) is 53.1 Å². The summed E-state index contributed by atoms with van der Waals surface area (Å²) < 4.78 is 32.2. The molecular formula is C14H15ClN2O3S. The highest BCUT2D eigenvalue weighted by Crippen LogP contribution is 2.28. The summed E-state index contributed by atoms with van der Waals surface area (Å²) in [6, 6.07) is 11.2. The number of nitrogens with two attached hydrogens (primary N) is 1. The molecule has 0 unspecified atom stereocenters. The zero-order valence-corrected chi connectivity index (χ0v) is 12.9. The van der Waals surface area contributed by atoms with Crippen LogP contribution in [0.4, 0.5) is 5.69 Å². The minimum absolute atomic E-state index is 0.129. The van der Waals surface area contributed by atoms with E-state index in [9.17, 15) is 8.42 Å². The van der Waals surface area contributed by atoms with Gasteiger partial charge in [0.05, 0.1) is 22.7 Å². The quantitative estimate of drug-likeness (QED) is 0.885. The first-order valence-electron chi connectivity index (χ1n) is 6.11. The van der Waals surface area contributed by atoms with Gasteiger partial charge in [-0.1, -0.05) is 23.7 Å². The van der Waals surface area contributed by atoms with Crippen LogP contribution in [-0.4, -0.2) is 15.5 Å². The fraction of sp³-hybridized carbons (Fsp3) is 0.143. The van der Waals surface area contributed by atoms with Crippen LogP contribution in [0.25, 0.3) is 0 Å². The van der Waals surface area contributed by atoms with E-state index in [0.717, 1.165) is 5.56 Å². The van der Waals surface area contributed by atoms with Crippen LogP contribution in [0.5, 0.6) is 5.75 Å². The van der Waals surface area contributed by atoms with Crippen molar-refractivity contribution in [1.82, 2.24) is 0 Å². The number of nitrogens with one attached hydrogen (secondary N) is 1. The minimum Gasteiger partial charge on any atom is -0.497 e. The Balaban J connectivity index is 2.37. The highest BCUT2D eigenvalue weighted by molar-refractivity contribution is 7.92. The SMILES string of the molecule is COc1ccc(Cl)c(NS(=O)(=O)c2cccc(CN)c2)c1. The summed E-state index contributed by atoms with van der Waals surface area (Å²) in [7, 11) is -2.25. The summed E-state index contributed by atoms with van der Waals surface area (Å²) >= 11 is 6.00. The summed E-state index contributed by atoms with van der Waals surface area (Å²) in [5.74, 6) is 0.507. The van der Waals surface area contributed by atoms with E-state index < -0.39 is 10.0 Å². The minimum atomic E-state index is -3.74. The Bertz CT molecular complexity index is 748. The molecule has 0 atom stereocenters. The van der Waals surface area contributed by atoms with Gasteiger partial charge in [-0.15, -0.1) is 0 Å². The van der Waals surface area contributed by atoms with Gasteiger partial charge in [0.1, 0.15) is 5.75 Å². The summed E-state index contributed by atoms with van der Waals surface area (Å²) in [5.41, 5.74) is 6.51. The standard InChI is InChI=1S/C14H15ClN2O3S/c1-20-11-5-6-13(15)14(8-11)17-21(18,19)12-4-2-3-10(7-12)9-16/h2-8,17H,9,16H2,1H3. The van der Waals surface area contributed by atoms with Crippen molar-refractivity contribution in [2.75, 3.05) is 11.8 Å².